The molecule has 1 amide bonds. The van der Waals surface area contributed by atoms with Crippen molar-refractivity contribution in [3.05, 3.63) is 12.2 Å². The molecule has 204 valence electrons. The van der Waals surface area contributed by atoms with Crippen molar-refractivity contribution in [2.75, 3.05) is 45.6 Å². The zero-order valence-corrected chi connectivity index (χ0v) is 23.3. The largest absolute Gasteiger partial charge is 0.446 e. The number of rotatable bonds is 25. The number of ether oxygens (including phenoxy) is 2. The van der Waals surface area contributed by atoms with Crippen LogP contribution in [-0.4, -0.2) is 73.8 Å². The fraction of sp³-hybridized carbons (Fsp3) is 0.815. The lowest BCUT2D eigenvalue weighted by atomic mass is 10.1. The van der Waals surface area contributed by atoms with Gasteiger partial charge in [-0.25, -0.2) is 0 Å². The number of allylic oxidation sites excluding steroid dienone is 2. The van der Waals surface area contributed by atoms with Crippen LogP contribution in [0.5, 0.6) is 0 Å². The summed E-state index contributed by atoms with van der Waals surface area (Å²) in [6, 6.07) is 0. The van der Waals surface area contributed by atoms with E-state index in [1.54, 1.807) is 0 Å². The summed E-state index contributed by atoms with van der Waals surface area (Å²) in [4.78, 5) is 38.1. The van der Waals surface area contributed by atoms with Gasteiger partial charge >= 0.3 is 5.97 Å². The molecule has 0 spiro atoms. The molecular weight excluding hydrogens is 464 g/mol. The van der Waals surface area contributed by atoms with Crippen LogP contribution in [0.2, 0.25) is 0 Å². The van der Waals surface area contributed by atoms with Gasteiger partial charge < -0.3 is 14.4 Å². The van der Waals surface area contributed by atoms with Crippen LogP contribution >= 0.6 is 11.8 Å². The highest BCUT2D eigenvalue weighted by molar-refractivity contribution is 7.99. The van der Waals surface area contributed by atoms with Crippen LogP contribution in [0.25, 0.3) is 0 Å². The summed E-state index contributed by atoms with van der Waals surface area (Å²) in [5.74, 6) is 0.523. The Morgan fingerprint density at radius 3 is 2.03 bits per heavy atom. The van der Waals surface area contributed by atoms with Crippen molar-refractivity contribution < 1.29 is 23.9 Å². The Morgan fingerprint density at radius 1 is 0.829 bits per heavy atom. The van der Waals surface area contributed by atoms with Crippen LogP contribution in [0, 0.1) is 0 Å². The molecule has 0 saturated heterocycles. The number of esters is 1. The molecule has 0 aliphatic rings. The number of hydrogen-bond donors (Lipinski definition) is 0. The van der Waals surface area contributed by atoms with Gasteiger partial charge in [0.1, 0.15) is 0 Å². The minimum Gasteiger partial charge on any atom is -0.446 e. The first-order valence-electron chi connectivity index (χ1n) is 13.4. The summed E-state index contributed by atoms with van der Waals surface area (Å²) in [5, 5.41) is 0. The van der Waals surface area contributed by atoms with Gasteiger partial charge in [-0.05, 0) is 46.2 Å². The lowest BCUT2D eigenvalue weighted by Gasteiger charge is -2.21. The van der Waals surface area contributed by atoms with E-state index in [9.17, 15) is 14.4 Å². The van der Waals surface area contributed by atoms with Gasteiger partial charge in [0.15, 0.2) is 13.5 Å². The maximum atomic E-state index is 12.3. The zero-order valence-electron chi connectivity index (χ0n) is 22.5. The van der Waals surface area contributed by atoms with E-state index in [-0.39, 0.29) is 37.6 Å². The second-order valence-corrected chi connectivity index (χ2v) is 10.3. The highest BCUT2D eigenvalue weighted by atomic mass is 32.2. The van der Waals surface area contributed by atoms with E-state index >= 15 is 0 Å². The third-order valence-corrected chi connectivity index (χ3v) is 6.51. The smallest absolute Gasteiger partial charge is 0.307 e. The van der Waals surface area contributed by atoms with Crippen LogP contribution < -0.4 is 0 Å². The molecule has 0 aromatic heterocycles. The fourth-order valence-corrected chi connectivity index (χ4v) is 4.36. The van der Waals surface area contributed by atoms with Crippen molar-refractivity contribution in [2.24, 2.45) is 0 Å². The molecule has 0 rings (SSSR count). The van der Waals surface area contributed by atoms with Crippen molar-refractivity contribution >= 4 is 30.1 Å². The van der Waals surface area contributed by atoms with Crippen molar-refractivity contribution in [2.45, 2.75) is 96.8 Å². The summed E-state index contributed by atoms with van der Waals surface area (Å²) in [5.41, 5.74) is 0. The maximum Gasteiger partial charge on any atom is 0.307 e. The minimum absolute atomic E-state index is 0.190. The predicted octanol–water partition coefficient (Wildman–Crippen LogP) is 5.78. The number of carbonyl (C=O) groups excluding carboxylic acids is 3. The molecule has 0 N–H and O–H groups in total. The van der Waals surface area contributed by atoms with Gasteiger partial charge in [0.05, 0.1) is 5.75 Å². The lowest BCUT2D eigenvalue weighted by molar-refractivity contribution is -0.158. The van der Waals surface area contributed by atoms with Gasteiger partial charge in [0.25, 0.3) is 6.47 Å². The van der Waals surface area contributed by atoms with Gasteiger partial charge in [0.2, 0.25) is 5.91 Å². The number of hydrogen-bond acceptors (Lipinski definition) is 7. The molecule has 0 aliphatic carbocycles. The number of unbranched alkanes of at least 4 members (excludes halogenated alkanes) is 11. The van der Waals surface area contributed by atoms with E-state index in [1.165, 1.54) is 74.4 Å². The molecule has 8 heteroatoms. The molecule has 0 saturated carbocycles. The van der Waals surface area contributed by atoms with Gasteiger partial charge in [-0.1, -0.05) is 70.4 Å². The molecule has 35 heavy (non-hydrogen) atoms. The molecule has 0 fully saturated rings. The highest BCUT2D eigenvalue weighted by Gasteiger charge is 2.16. The molecule has 0 aliphatic heterocycles. The van der Waals surface area contributed by atoms with Gasteiger partial charge in [-0.15, -0.1) is 0 Å². The van der Waals surface area contributed by atoms with E-state index in [1.807, 2.05) is 19.0 Å². The van der Waals surface area contributed by atoms with Gasteiger partial charge in [0, 0.05) is 18.7 Å². The van der Waals surface area contributed by atoms with Crippen LogP contribution in [0.1, 0.15) is 96.8 Å². The second-order valence-electron chi connectivity index (χ2n) is 9.16. The number of nitrogens with zero attached hydrogens (tertiary/aromatic N) is 2. The Hall–Kier alpha value is -1.54. The van der Waals surface area contributed by atoms with Crippen molar-refractivity contribution in [3.8, 4) is 0 Å². The molecule has 0 aromatic rings. The molecule has 7 nitrogen and oxygen atoms in total. The SMILES string of the molecule is CCCCCCCC/C=C\CCCCCCCC(=O)OCN(COC=O)C(=O)CSCCN(C)C. The monoisotopic (exact) mass is 514 g/mol. The first-order chi connectivity index (χ1) is 17.0. The Balaban J connectivity index is 3.77. The van der Waals surface area contributed by atoms with Crippen molar-refractivity contribution in [1.29, 1.82) is 0 Å². The Morgan fingerprint density at radius 2 is 1.43 bits per heavy atom. The van der Waals surface area contributed by atoms with Crippen LogP contribution in [0.4, 0.5) is 0 Å². The summed E-state index contributed by atoms with van der Waals surface area (Å²) in [6.45, 7) is 3.00. The molecule has 0 aromatic carbocycles. The van der Waals surface area contributed by atoms with Gasteiger partial charge in [-0.2, -0.15) is 11.8 Å². The first kappa shape index (κ1) is 33.5. The standard InChI is InChI=1S/C27H50N2O5S/c1-4-5-6-7-8-9-10-11-12-13-14-15-16-17-18-19-27(32)34-24-29(23-33-25-30)26(31)22-35-21-20-28(2)3/h11-12,25H,4-10,13-24H2,1-3H3/b12-11-. The average molecular weight is 515 g/mol. The summed E-state index contributed by atoms with van der Waals surface area (Å²) in [6.07, 6.45) is 20.7. The number of amides is 1. The normalized spacial score (nSPS) is 11.2. The van der Waals surface area contributed by atoms with E-state index in [2.05, 4.69) is 19.1 Å². The highest BCUT2D eigenvalue weighted by Crippen LogP contribution is 2.10. The number of thioether (sulfide) groups is 1. The van der Waals surface area contributed by atoms with Crippen molar-refractivity contribution in [1.82, 2.24) is 9.80 Å². The topological polar surface area (TPSA) is 76.1 Å². The third kappa shape index (κ3) is 24.0. The quantitative estimate of drug-likeness (QED) is 0.0502. The van der Waals surface area contributed by atoms with Crippen LogP contribution in [0.3, 0.4) is 0 Å². The minimum atomic E-state index is -0.327. The molecule has 0 heterocycles. The van der Waals surface area contributed by atoms with Crippen LogP contribution in [-0.2, 0) is 23.9 Å². The summed E-state index contributed by atoms with van der Waals surface area (Å²) < 4.78 is 9.92. The van der Waals surface area contributed by atoms with Gasteiger partial charge in [-0.3, -0.25) is 19.3 Å². The van der Waals surface area contributed by atoms with E-state index < -0.39 is 0 Å². The molecule has 0 unspecified atom stereocenters. The molecular formula is C27H50N2O5S. The number of carbonyl (C=O) groups is 3. The Bertz CT molecular complexity index is 558. The first-order valence-corrected chi connectivity index (χ1v) is 14.5. The Labute approximate surface area is 218 Å². The van der Waals surface area contributed by atoms with E-state index in [0.29, 0.717) is 6.42 Å². The third-order valence-electron chi connectivity index (χ3n) is 5.58. The van der Waals surface area contributed by atoms with E-state index in [0.717, 1.165) is 38.0 Å². The Kier molecular flexibility index (Phi) is 24.4. The summed E-state index contributed by atoms with van der Waals surface area (Å²) in [7, 11) is 3.95. The predicted molar refractivity (Wildman–Crippen MR) is 145 cm³/mol. The molecule has 0 bridgehead atoms. The second kappa shape index (κ2) is 25.5. The molecule has 0 atom stereocenters. The molecule has 0 radical (unpaired) electrons. The summed E-state index contributed by atoms with van der Waals surface area (Å²) >= 11 is 1.50. The van der Waals surface area contributed by atoms with E-state index in [4.69, 9.17) is 9.47 Å². The average Bonchev–Trinajstić information content (AvgIpc) is 2.84. The lowest BCUT2D eigenvalue weighted by Crippen LogP contribution is -2.37. The maximum absolute atomic E-state index is 12.3. The van der Waals surface area contributed by atoms with Crippen LogP contribution in [0.15, 0.2) is 12.2 Å². The fourth-order valence-electron chi connectivity index (χ4n) is 3.36. The zero-order chi connectivity index (χ0) is 26.0. The van der Waals surface area contributed by atoms with Crippen molar-refractivity contribution in [3.63, 3.8) is 0 Å².